The van der Waals surface area contributed by atoms with Gasteiger partial charge in [0.05, 0.1) is 0 Å². The van der Waals surface area contributed by atoms with Gasteiger partial charge in [0.25, 0.3) is 0 Å². The molecule has 0 amide bonds. The lowest BCUT2D eigenvalue weighted by Gasteiger charge is -2.23. The van der Waals surface area contributed by atoms with E-state index >= 15 is 0 Å². The molecule has 1 aliphatic heterocycles. The van der Waals surface area contributed by atoms with E-state index in [1.807, 2.05) is 26.0 Å². The van der Waals surface area contributed by atoms with Crippen LogP contribution < -0.4 is 0 Å². The Morgan fingerprint density at radius 3 is 2.89 bits per heavy atom. The maximum Gasteiger partial charge on any atom is 0.192 e. The molecule has 1 heterocycles. The molecule has 0 aromatic rings. The summed E-state index contributed by atoms with van der Waals surface area (Å²) in [4.78, 5) is 12.3. The van der Waals surface area contributed by atoms with E-state index in [9.17, 15) is 4.79 Å². The summed E-state index contributed by atoms with van der Waals surface area (Å²) in [5.74, 6) is 0.807. The Labute approximate surface area is 107 Å². The smallest absolute Gasteiger partial charge is 0.192 e. The van der Waals surface area contributed by atoms with Crippen molar-refractivity contribution < 1.29 is 9.53 Å². The summed E-state index contributed by atoms with van der Waals surface area (Å²) in [6, 6.07) is 0. The topological polar surface area (TPSA) is 26.3 Å². The molecule has 0 bridgehead atoms. The highest BCUT2D eigenvalue weighted by Gasteiger charge is 2.42. The molecule has 0 saturated heterocycles. The van der Waals surface area contributed by atoms with Gasteiger partial charge in [0.15, 0.2) is 5.78 Å². The zero-order valence-electron chi connectivity index (χ0n) is 10.7. The minimum absolute atomic E-state index is 0.0364. The number of ketones is 1. The molecule has 18 heavy (non-hydrogen) atoms. The van der Waals surface area contributed by atoms with E-state index in [-0.39, 0.29) is 11.4 Å². The van der Waals surface area contributed by atoms with Crippen LogP contribution in [0.1, 0.15) is 26.7 Å². The third-order valence-corrected chi connectivity index (χ3v) is 3.52. The van der Waals surface area contributed by atoms with Gasteiger partial charge in [-0.15, -0.1) is 0 Å². The van der Waals surface area contributed by atoms with Crippen LogP contribution in [-0.2, 0) is 9.53 Å². The lowest BCUT2D eigenvalue weighted by Crippen LogP contribution is -2.18. The summed E-state index contributed by atoms with van der Waals surface area (Å²) in [6.45, 7) is 7.98. The van der Waals surface area contributed by atoms with E-state index in [1.165, 1.54) is 0 Å². The number of carbonyl (C=O) groups excluding carboxylic acids is 1. The standard InChI is InChI=1S/C16H16O2/c1-10-11-7-5-4-6-8-12(11)15-13(14(10)17)9-16(2,3)18-15/h4-5,7-8H,1,6,9H2,2-3H3. The van der Waals surface area contributed by atoms with E-state index in [2.05, 4.69) is 18.7 Å². The minimum Gasteiger partial charge on any atom is -0.486 e. The highest BCUT2D eigenvalue weighted by Crippen LogP contribution is 2.46. The van der Waals surface area contributed by atoms with Crippen LogP contribution in [0.3, 0.4) is 0 Å². The molecule has 2 nitrogen and oxygen atoms in total. The minimum atomic E-state index is -0.295. The van der Waals surface area contributed by atoms with Gasteiger partial charge in [0.2, 0.25) is 0 Å². The Bertz CT molecular complexity index is 580. The summed E-state index contributed by atoms with van der Waals surface area (Å²) in [6.07, 6.45) is 9.64. The van der Waals surface area contributed by atoms with Crippen molar-refractivity contribution in [2.45, 2.75) is 32.3 Å². The van der Waals surface area contributed by atoms with Crippen LogP contribution in [0.4, 0.5) is 0 Å². The molecule has 0 radical (unpaired) electrons. The maximum absolute atomic E-state index is 12.3. The van der Waals surface area contributed by atoms with Gasteiger partial charge in [0, 0.05) is 23.1 Å². The van der Waals surface area contributed by atoms with Crippen LogP contribution in [0, 0.1) is 0 Å². The van der Waals surface area contributed by atoms with Crippen molar-refractivity contribution in [3.8, 4) is 0 Å². The Morgan fingerprint density at radius 1 is 1.33 bits per heavy atom. The van der Waals surface area contributed by atoms with Crippen molar-refractivity contribution in [2.24, 2.45) is 0 Å². The molecule has 2 heteroatoms. The molecular weight excluding hydrogens is 224 g/mol. The number of fused-ring (bicyclic) bond motifs is 2. The number of carbonyl (C=O) groups is 1. The van der Waals surface area contributed by atoms with Gasteiger partial charge >= 0.3 is 0 Å². The van der Waals surface area contributed by atoms with E-state index in [1.54, 1.807) is 0 Å². The molecule has 2 aliphatic carbocycles. The molecule has 92 valence electrons. The molecule has 0 fully saturated rings. The molecule has 0 atom stereocenters. The first-order valence-corrected chi connectivity index (χ1v) is 6.23. The molecule has 0 aromatic heterocycles. The van der Waals surface area contributed by atoms with E-state index < -0.39 is 0 Å². The third-order valence-electron chi connectivity index (χ3n) is 3.52. The van der Waals surface area contributed by atoms with Crippen LogP contribution in [-0.4, -0.2) is 11.4 Å². The average Bonchev–Trinajstić information content (AvgIpc) is 2.52. The lowest BCUT2D eigenvalue weighted by molar-refractivity contribution is -0.112. The number of hydrogen-bond acceptors (Lipinski definition) is 2. The van der Waals surface area contributed by atoms with Gasteiger partial charge in [-0.1, -0.05) is 30.9 Å². The molecule has 0 spiro atoms. The zero-order chi connectivity index (χ0) is 12.9. The van der Waals surface area contributed by atoms with Gasteiger partial charge in [-0.2, -0.15) is 0 Å². The van der Waals surface area contributed by atoms with Crippen molar-refractivity contribution in [1.82, 2.24) is 0 Å². The van der Waals surface area contributed by atoms with Gasteiger partial charge in [0.1, 0.15) is 11.4 Å². The fraction of sp³-hybridized carbons (Fsp3) is 0.312. The highest BCUT2D eigenvalue weighted by atomic mass is 16.5. The second-order valence-corrected chi connectivity index (χ2v) is 5.52. The van der Waals surface area contributed by atoms with Gasteiger partial charge in [-0.25, -0.2) is 0 Å². The molecule has 0 saturated carbocycles. The Kier molecular flexibility index (Phi) is 2.24. The largest absolute Gasteiger partial charge is 0.486 e. The Hall–Kier alpha value is -1.83. The van der Waals surface area contributed by atoms with Crippen LogP contribution in [0.2, 0.25) is 0 Å². The van der Waals surface area contributed by atoms with Crippen LogP contribution in [0.25, 0.3) is 0 Å². The summed E-state index contributed by atoms with van der Waals surface area (Å²) < 4.78 is 5.98. The summed E-state index contributed by atoms with van der Waals surface area (Å²) in [5, 5.41) is 0. The monoisotopic (exact) mass is 240 g/mol. The van der Waals surface area contributed by atoms with Crippen LogP contribution >= 0.6 is 0 Å². The first-order chi connectivity index (χ1) is 8.49. The summed E-state index contributed by atoms with van der Waals surface area (Å²) in [7, 11) is 0. The molecule has 3 rings (SSSR count). The number of allylic oxidation sites excluding steroid dienone is 6. The van der Waals surface area contributed by atoms with Crippen LogP contribution in [0.5, 0.6) is 0 Å². The first kappa shape index (κ1) is 11.3. The summed E-state index contributed by atoms with van der Waals surface area (Å²) in [5.41, 5.74) is 3.02. The van der Waals surface area contributed by atoms with E-state index in [0.29, 0.717) is 12.0 Å². The predicted molar refractivity (Wildman–Crippen MR) is 70.9 cm³/mol. The van der Waals surface area contributed by atoms with Crippen LogP contribution in [0.15, 0.2) is 58.9 Å². The van der Waals surface area contributed by atoms with E-state index in [0.717, 1.165) is 28.9 Å². The van der Waals surface area contributed by atoms with E-state index in [4.69, 9.17) is 4.74 Å². The molecular formula is C16H16O2. The van der Waals surface area contributed by atoms with Crippen molar-refractivity contribution >= 4 is 5.78 Å². The first-order valence-electron chi connectivity index (χ1n) is 6.23. The lowest BCUT2D eigenvalue weighted by atomic mass is 9.82. The second-order valence-electron chi connectivity index (χ2n) is 5.52. The molecule has 3 aliphatic rings. The maximum atomic E-state index is 12.3. The zero-order valence-corrected chi connectivity index (χ0v) is 10.7. The average molecular weight is 240 g/mol. The van der Waals surface area contributed by atoms with Crippen molar-refractivity contribution in [3.63, 3.8) is 0 Å². The molecule has 0 aromatic carbocycles. The quantitative estimate of drug-likeness (QED) is 0.607. The predicted octanol–water partition coefficient (Wildman–Crippen LogP) is 3.39. The van der Waals surface area contributed by atoms with Crippen molar-refractivity contribution in [1.29, 1.82) is 0 Å². The number of rotatable bonds is 0. The highest BCUT2D eigenvalue weighted by molar-refractivity contribution is 6.15. The van der Waals surface area contributed by atoms with Gasteiger partial charge < -0.3 is 4.74 Å². The third kappa shape index (κ3) is 1.52. The number of Topliss-reactive ketones (excluding diaryl/α,β-unsaturated/α-hetero) is 1. The fourth-order valence-corrected chi connectivity index (χ4v) is 2.69. The Morgan fingerprint density at radius 2 is 2.11 bits per heavy atom. The number of hydrogen-bond donors (Lipinski definition) is 0. The fourth-order valence-electron chi connectivity index (χ4n) is 2.69. The van der Waals surface area contributed by atoms with Gasteiger partial charge in [-0.3, -0.25) is 4.79 Å². The normalized spacial score (nSPS) is 25.0. The SMILES string of the molecule is C=C1C(=O)C2=C(OC(C)(C)C2)C2=CCC=CC=C12. The number of ether oxygens (including phenoxy) is 1. The molecule has 0 N–H and O–H groups in total. The van der Waals surface area contributed by atoms with Gasteiger partial charge in [-0.05, 0) is 25.8 Å². The molecule has 0 unspecified atom stereocenters. The second kappa shape index (κ2) is 3.58. The Balaban J connectivity index is 2.18. The van der Waals surface area contributed by atoms with Crippen molar-refractivity contribution in [2.75, 3.05) is 0 Å². The summed E-state index contributed by atoms with van der Waals surface area (Å²) >= 11 is 0. The van der Waals surface area contributed by atoms with Crippen molar-refractivity contribution in [3.05, 3.63) is 58.9 Å².